The third-order valence-corrected chi connectivity index (χ3v) is 7.61. The number of esters is 4. The summed E-state index contributed by atoms with van der Waals surface area (Å²) in [5.41, 5.74) is 3.13. The molecule has 384 valence electrons. The SMILES string of the molecule is C.C.C.C.C.C.C.C.C=C(C)C(=O)OCOc1ccc(/C=C/C(=O)c2ccc(OCOC(=O)C(=C)C)cc2)cc1.C=CC(=O)OCOc1ccc(/C=C/C(=O)c2ccc(OCOC(=O)C=C)cc2)cc1. The Hall–Kier alpha value is -8.26. The molecule has 0 atom stereocenters. The van der Waals surface area contributed by atoms with Gasteiger partial charge in [0.25, 0.3) is 0 Å². The number of allylic oxidation sites excluding steroid dienone is 2. The summed E-state index contributed by atoms with van der Waals surface area (Å²) in [7, 11) is 0. The van der Waals surface area contributed by atoms with E-state index in [1.165, 1.54) is 12.2 Å². The Morgan fingerprint density at radius 3 is 0.886 bits per heavy atom. The molecule has 4 aromatic rings. The van der Waals surface area contributed by atoms with Crippen LogP contribution in [0.2, 0.25) is 0 Å². The maximum absolute atomic E-state index is 12.3. The highest BCUT2D eigenvalue weighted by molar-refractivity contribution is 6.07. The first-order chi connectivity index (χ1) is 29.8. The first kappa shape index (κ1) is 73.3. The van der Waals surface area contributed by atoms with Crippen LogP contribution in [-0.4, -0.2) is 62.6 Å². The molecule has 4 aromatic carbocycles. The molecule has 0 aliphatic rings. The van der Waals surface area contributed by atoms with Crippen LogP contribution in [0.4, 0.5) is 0 Å². The molecule has 0 fully saturated rings. The molecule has 0 N–H and O–H groups in total. The lowest BCUT2D eigenvalue weighted by Crippen LogP contribution is -2.10. The number of hydrogen-bond donors (Lipinski definition) is 0. The highest BCUT2D eigenvalue weighted by atomic mass is 16.7. The van der Waals surface area contributed by atoms with Crippen LogP contribution in [0.15, 0.2) is 159 Å². The van der Waals surface area contributed by atoms with E-state index in [-0.39, 0.29) is 104 Å². The van der Waals surface area contributed by atoms with Gasteiger partial charge in [-0.2, -0.15) is 0 Å². The summed E-state index contributed by atoms with van der Waals surface area (Å²) in [6, 6.07) is 26.7. The Labute approximate surface area is 417 Å². The first-order valence-corrected chi connectivity index (χ1v) is 18.4. The minimum Gasteiger partial charge on any atom is -0.457 e. The number of ether oxygens (including phenoxy) is 8. The highest BCUT2D eigenvalue weighted by Crippen LogP contribution is 2.18. The van der Waals surface area contributed by atoms with E-state index >= 15 is 0 Å². The number of benzene rings is 4. The summed E-state index contributed by atoms with van der Waals surface area (Å²) in [4.78, 5) is 69.1. The second-order valence-electron chi connectivity index (χ2n) is 12.4. The van der Waals surface area contributed by atoms with Crippen LogP contribution in [0.3, 0.4) is 0 Å². The molecule has 0 aliphatic heterocycles. The zero-order chi connectivity index (χ0) is 45.3. The zero-order valence-electron chi connectivity index (χ0n) is 34.1. The molecule has 4 rings (SSSR count). The number of ketones is 2. The van der Waals surface area contributed by atoms with Gasteiger partial charge in [0.2, 0.25) is 27.2 Å². The van der Waals surface area contributed by atoms with Gasteiger partial charge in [0, 0.05) is 34.4 Å². The van der Waals surface area contributed by atoms with Crippen molar-refractivity contribution in [1.82, 2.24) is 0 Å². The highest BCUT2D eigenvalue weighted by Gasteiger charge is 2.07. The van der Waals surface area contributed by atoms with Crippen LogP contribution in [-0.2, 0) is 38.1 Å². The molecule has 0 bridgehead atoms. The molecule has 0 heterocycles. The summed E-state index contributed by atoms with van der Waals surface area (Å²) in [5.74, 6) is -0.606. The topological polar surface area (TPSA) is 176 Å². The van der Waals surface area contributed by atoms with Gasteiger partial charge in [-0.15, -0.1) is 0 Å². The van der Waals surface area contributed by atoms with Crippen LogP contribution in [0.1, 0.15) is 105 Å². The van der Waals surface area contributed by atoms with Gasteiger partial charge in [-0.3, -0.25) is 9.59 Å². The van der Waals surface area contributed by atoms with E-state index < -0.39 is 23.9 Å². The fraction of sp³-hybridized carbons (Fsp3) is 0.250. The van der Waals surface area contributed by atoms with Crippen LogP contribution >= 0.6 is 0 Å². The average molecular weight is 973 g/mol. The molecule has 0 spiro atoms. The predicted octanol–water partition coefficient (Wildman–Crippen LogP) is 13.3. The van der Waals surface area contributed by atoms with Crippen LogP contribution in [0.5, 0.6) is 23.0 Å². The Kier molecular flexibility index (Phi) is 41.8. The predicted molar refractivity (Wildman–Crippen MR) is 283 cm³/mol. The Morgan fingerprint density at radius 1 is 0.400 bits per heavy atom. The molecule has 0 aliphatic carbocycles. The number of carbonyl (C=O) groups excluding carboxylic acids is 6. The van der Waals surface area contributed by atoms with Gasteiger partial charge in [0.1, 0.15) is 23.0 Å². The third kappa shape index (κ3) is 28.0. The number of rotatable bonds is 22. The van der Waals surface area contributed by atoms with Crippen molar-refractivity contribution in [2.75, 3.05) is 27.2 Å². The first-order valence-electron chi connectivity index (χ1n) is 18.4. The normalized spacial score (nSPS) is 9.06. The van der Waals surface area contributed by atoms with E-state index in [1.54, 1.807) is 123 Å². The van der Waals surface area contributed by atoms with Gasteiger partial charge >= 0.3 is 23.9 Å². The second kappa shape index (κ2) is 39.9. The van der Waals surface area contributed by atoms with Gasteiger partial charge < -0.3 is 37.9 Å². The van der Waals surface area contributed by atoms with E-state index in [9.17, 15) is 28.8 Å². The maximum atomic E-state index is 12.3. The number of carbonyl (C=O) groups is 6. The van der Waals surface area contributed by atoms with Gasteiger partial charge in [0.15, 0.2) is 11.6 Å². The van der Waals surface area contributed by atoms with E-state index in [4.69, 9.17) is 37.9 Å². The van der Waals surface area contributed by atoms with Gasteiger partial charge in [0.05, 0.1) is 0 Å². The average Bonchev–Trinajstić information content (AvgIpc) is 3.28. The monoisotopic (exact) mass is 973 g/mol. The summed E-state index contributed by atoms with van der Waals surface area (Å²) >= 11 is 0. The van der Waals surface area contributed by atoms with Crippen molar-refractivity contribution >= 4 is 47.6 Å². The molecule has 0 saturated heterocycles. The van der Waals surface area contributed by atoms with E-state index in [2.05, 4.69) is 26.3 Å². The lowest BCUT2D eigenvalue weighted by Gasteiger charge is -2.07. The minimum atomic E-state index is -0.581. The standard InChI is InChI=1S/C25H24O7.C23H20O7.8CH4/c1-17(2)24(27)31-15-29-21-10-5-19(6-11-21)7-14-23(26)20-8-12-22(13-9-20)30-16-32-25(28)18(3)4;1-3-22(25)29-15-27-19-10-5-17(6-11-19)7-14-21(24)18-8-12-20(13-9-18)28-16-30-23(26)4-2;;;;;;;;/h5-14H,1,3,15-16H2,2,4H3;3-14H,1-2,15-16H2;8*1H4/b2*14-7+;;;;;;;;. The van der Waals surface area contributed by atoms with Crippen molar-refractivity contribution in [2.45, 2.75) is 73.3 Å². The molecule has 0 amide bonds. The van der Waals surface area contributed by atoms with Crippen LogP contribution in [0.25, 0.3) is 12.2 Å². The Bertz CT molecular complexity index is 2270. The quantitative estimate of drug-likeness (QED) is 0.0239. The third-order valence-electron chi connectivity index (χ3n) is 7.61. The van der Waals surface area contributed by atoms with E-state index in [1.807, 2.05) is 0 Å². The molecule has 14 nitrogen and oxygen atoms in total. The molecule has 0 saturated carbocycles. The van der Waals surface area contributed by atoms with E-state index in [0.29, 0.717) is 39.7 Å². The zero-order valence-corrected chi connectivity index (χ0v) is 34.1. The van der Waals surface area contributed by atoms with Crippen molar-refractivity contribution in [3.63, 3.8) is 0 Å². The molecule has 0 unspecified atom stereocenters. The van der Waals surface area contributed by atoms with Gasteiger partial charge in [-0.05, 0) is 110 Å². The summed E-state index contributed by atoms with van der Waals surface area (Å²) < 4.78 is 40.3. The smallest absolute Gasteiger partial charge is 0.335 e. The molecular weight excluding hydrogens is 897 g/mol. The van der Waals surface area contributed by atoms with Crippen LogP contribution in [0, 0.1) is 0 Å². The maximum Gasteiger partial charge on any atom is 0.335 e. The second-order valence-corrected chi connectivity index (χ2v) is 12.4. The molecule has 0 radical (unpaired) electrons. The molecule has 0 aromatic heterocycles. The Morgan fingerprint density at radius 2 is 0.643 bits per heavy atom. The van der Waals surface area contributed by atoms with Crippen molar-refractivity contribution in [3.05, 3.63) is 181 Å². The molecule has 70 heavy (non-hydrogen) atoms. The lowest BCUT2D eigenvalue weighted by atomic mass is 10.1. The largest absolute Gasteiger partial charge is 0.457 e. The van der Waals surface area contributed by atoms with Gasteiger partial charge in [-0.1, -0.05) is 122 Å². The minimum absolute atomic E-state index is 0. The van der Waals surface area contributed by atoms with E-state index in [0.717, 1.165) is 23.3 Å². The van der Waals surface area contributed by atoms with Gasteiger partial charge in [-0.25, -0.2) is 19.2 Å². The molecular formula is C56H76O14. The fourth-order valence-electron chi connectivity index (χ4n) is 4.29. The fourth-order valence-corrected chi connectivity index (χ4v) is 4.29. The Balaban J connectivity index is -0.000000263. The summed E-state index contributed by atoms with van der Waals surface area (Å²) in [6.07, 6.45) is 8.34. The van der Waals surface area contributed by atoms with Crippen molar-refractivity contribution in [3.8, 4) is 23.0 Å². The lowest BCUT2D eigenvalue weighted by molar-refractivity contribution is -0.146. The van der Waals surface area contributed by atoms with Crippen molar-refractivity contribution < 1.29 is 66.7 Å². The van der Waals surface area contributed by atoms with Crippen LogP contribution < -0.4 is 18.9 Å². The summed E-state index contributed by atoms with van der Waals surface area (Å²) in [6.45, 7) is 15.7. The molecule has 14 heteroatoms. The summed E-state index contributed by atoms with van der Waals surface area (Å²) in [5, 5.41) is 0. The van der Waals surface area contributed by atoms with Crippen molar-refractivity contribution in [2.24, 2.45) is 0 Å². The van der Waals surface area contributed by atoms with Crippen molar-refractivity contribution in [1.29, 1.82) is 0 Å². The number of hydrogen-bond acceptors (Lipinski definition) is 14.